The standard InChI is InChI=1S/C17H22FN5/c1-4-22-16-7-6-14(18)10-15(16)21-17(22)11-19-12(2)13(3)23-9-5-8-20-23/h5-10,12-13,19H,4,11H2,1-3H3/t12-,13-/m1/s1. The van der Waals surface area contributed by atoms with Crippen LogP contribution in [0.3, 0.4) is 0 Å². The first-order valence-corrected chi connectivity index (χ1v) is 7.97. The molecule has 0 saturated carbocycles. The molecule has 23 heavy (non-hydrogen) atoms. The lowest BCUT2D eigenvalue weighted by Crippen LogP contribution is -2.34. The number of halogens is 1. The van der Waals surface area contributed by atoms with E-state index in [9.17, 15) is 4.39 Å². The van der Waals surface area contributed by atoms with Gasteiger partial charge in [0.15, 0.2) is 0 Å². The number of benzene rings is 1. The predicted octanol–water partition coefficient (Wildman–Crippen LogP) is 3.13. The van der Waals surface area contributed by atoms with E-state index in [0.29, 0.717) is 12.1 Å². The van der Waals surface area contributed by atoms with Gasteiger partial charge in [0.2, 0.25) is 0 Å². The van der Waals surface area contributed by atoms with Crippen molar-refractivity contribution in [2.45, 2.75) is 45.9 Å². The maximum absolute atomic E-state index is 13.4. The predicted molar refractivity (Wildman–Crippen MR) is 88.6 cm³/mol. The van der Waals surface area contributed by atoms with Crippen molar-refractivity contribution in [3.8, 4) is 0 Å². The minimum absolute atomic E-state index is 0.233. The summed E-state index contributed by atoms with van der Waals surface area (Å²) in [5.41, 5.74) is 1.68. The first kappa shape index (κ1) is 15.7. The highest BCUT2D eigenvalue weighted by molar-refractivity contribution is 5.76. The summed E-state index contributed by atoms with van der Waals surface area (Å²) in [6, 6.07) is 7.16. The van der Waals surface area contributed by atoms with Gasteiger partial charge in [0.25, 0.3) is 0 Å². The van der Waals surface area contributed by atoms with Crippen molar-refractivity contribution in [2.24, 2.45) is 0 Å². The molecule has 5 nitrogen and oxygen atoms in total. The molecule has 122 valence electrons. The van der Waals surface area contributed by atoms with Crippen LogP contribution < -0.4 is 5.32 Å². The highest BCUT2D eigenvalue weighted by atomic mass is 19.1. The molecule has 3 rings (SSSR count). The first-order chi connectivity index (χ1) is 11.1. The lowest BCUT2D eigenvalue weighted by molar-refractivity contribution is 0.360. The molecular weight excluding hydrogens is 293 g/mol. The van der Waals surface area contributed by atoms with E-state index in [0.717, 1.165) is 17.9 Å². The van der Waals surface area contributed by atoms with Gasteiger partial charge < -0.3 is 9.88 Å². The number of imidazole rings is 1. The monoisotopic (exact) mass is 315 g/mol. The SMILES string of the molecule is CCn1c(CN[C@H](C)[C@@H](C)n2cccn2)nc2cc(F)ccc21. The Morgan fingerprint density at radius 3 is 2.83 bits per heavy atom. The Morgan fingerprint density at radius 2 is 2.13 bits per heavy atom. The summed E-state index contributed by atoms with van der Waals surface area (Å²) in [6.45, 7) is 7.77. The van der Waals surface area contributed by atoms with Crippen molar-refractivity contribution in [1.29, 1.82) is 0 Å². The number of fused-ring (bicyclic) bond motifs is 1. The molecule has 0 amide bonds. The largest absolute Gasteiger partial charge is 0.327 e. The number of nitrogens with zero attached hydrogens (tertiary/aromatic N) is 4. The number of nitrogens with one attached hydrogen (secondary N) is 1. The van der Waals surface area contributed by atoms with Gasteiger partial charge in [-0.2, -0.15) is 5.10 Å². The van der Waals surface area contributed by atoms with Gasteiger partial charge in [0, 0.05) is 31.0 Å². The van der Waals surface area contributed by atoms with Crippen LogP contribution in [0.15, 0.2) is 36.7 Å². The Kier molecular flexibility index (Phi) is 4.43. The van der Waals surface area contributed by atoms with Crippen molar-refractivity contribution < 1.29 is 4.39 Å². The molecule has 2 atom stereocenters. The molecule has 2 aromatic heterocycles. The molecule has 1 aromatic carbocycles. The Morgan fingerprint density at radius 1 is 1.30 bits per heavy atom. The van der Waals surface area contributed by atoms with Gasteiger partial charge in [-0.1, -0.05) is 0 Å². The third-order valence-electron chi connectivity index (χ3n) is 4.35. The molecule has 0 aliphatic heterocycles. The van der Waals surface area contributed by atoms with Crippen LogP contribution in [-0.4, -0.2) is 25.4 Å². The van der Waals surface area contributed by atoms with Gasteiger partial charge >= 0.3 is 0 Å². The molecular formula is C17H22FN5. The van der Waals surface area contributed by atoms with Crippen molar-refractivity contribution in [3.05, 3.63) is 48.3 Å². The molecule has 0 spiro atoms. The fourth-order valence-corrected chi connectivity index (χ4v) is 2.81. The highest BCUT2D eigenvalue weighted by Gasteiger charge is 2.16. The van der Waals surface area contributed by atoms with Crippen LogP contribution in [-0.2, 0) is 13.1 Å². The van der Waals surface area contributed by atoms with Gasteiger partial charge in [-0.3, -0.25) is 4.68 Å². The van der Waals surface area contributed by atoms with Gasteiger partial charge in [0.1, 0.15) is 11.6 Å². The number of aryl methyl sites for hydroxylation is 1. The van der Waals surface area contributed by atoms with E-state index in [1.54, 1.807) is 12.3 Å². The summed E-state index contributed by atoms with van der Waals surface area (Å²) in [7, 11) is 0. The van der Waals surface area contributed by atoms with Crippen LogP contribution >= 0.6 is 0 Å². The van der Waals surface area contributed by atoms with Crippen molar-refractivity contribution >= 4 is 11.0 Å². The smallest absolute Gasteiger partial charge is 0.125 e. The summed E-state index contributed by atoms with van der Waals surface area (Å²) in [4.78, 5) is 4.58. The summed E-state index contributed by atoms with van der Waals surface area (Å²) >= 11 is 0. The van der Waals surface area contributed by atoms with E-state index in [1.165, 1.54) is 12.1 Å². The molecule has 0 bridgehead atoms. The van der Waals surface area contributed by atoms with E-state index in [-0.39, 0.29) is 17.9 Å². The normalized spacial score (nSPS) is 14.3. The average Bonchev–Trinajstić information content (AvgIpc) is 3.18. The van der Waals surface area contributed by atoms with E-state index < -0.39 is 0 Å². The lowest BCUT2D eigenvalue weighted by Gasteiger charge is -2.21. The van der Waals surface area contributed by atoms with E-state index in [1.807, 2.05) is 16.9 Å². The Balaban J connectivity index is 1.76. The molecule has 0 radical (unpaired) electrons. The van der Waals surface area contributed by atoms with Crippen LogP contribution in [0, 0.1) is 5.82 Å². The van der Waals surface area contributed by atoms with E-state index >= 15 is 0 Å². The van der Waals surface area contributed by atoms with Gasteiger partial charge in [-0.05, 0) is 39.0 Å². The quantitative estimate of drug-likeness (QED) is 0.760. The summed E-state index contributed by atoms with van der Waals surface area (Å²) < 4.78 is 17.4. The topological polar surface area (TPSA) is 47.7 Å². The molecule has 2 heterocycles. The zero-order valence-electron chi connectivity index (χ0n) is 13.7. The molecule has 0 saturated heterocycles. The maximum Gasteiger partial charge on any atom is 0.125 e. The Hall–Kier alpha value is -2.21. The number of hydrogen-bond donors (Lipinski definition) is 1. The third-order valence-corrected chi connectivity index (χ3v) is 4.35. The minimum atomic E-state index is -0.251. The van der Waals surface area contributed by atoms with Crippen LogP contribution in [0.4, 0.5) is 4.39 Å². The second-order valence-corrected chi connectivity index (χ2v) is 5.80. The van der Waals surface area contributed by atoms with Crippen molar-refractivity contribution in [2.75, 3.05) is 0 Å². The minimum Gasteiger partial charge on any atom is -0.327 e. The first-order valence-electron chi connectivity index (χ1n) is 7.97. The van der Waals surface area contributed by atoms with Gasteiger partial charge in [-0.25, -0.2) is 9.37 Å². The van der Waals surface area contributed by atoms with Crippen LogP contribution in [0.2, 0.25) is 0 Å². The third kappa shape index (κ3) is 3.12. The molecule has 1 N–H and O–H groups in total. The lowest BCUT2D eigenvalue weighted by atomic mass is 10.2. The van der Waals surface area contributed by atoms with E-state index in [4.69, 9.17) is 0 Å². The number of aromatic nitrogens is 4. The summed E-state index contributed by atoms with van der Waals surface area (Å²) in [6.07, 6.45) is 3.75. The zero-order chi connectivity index (χ0) is 16.4. The molecule has 0 aliphatic rings. The average molecular weight is 315 g/mol. The number of rotatable bonds is 6. The highest BCUT2D eigenvalue weighted by Crippen LogP contribution is 2.18. The van der Waals surface area contributed by atoms with Crippen LogP contribution in [0.5, 0.6) is 0 Å². The zero-order valence-corrected chi connectivity index (χ0v) is 13.7. The van der Waals surface area contributed by atoms with Gasteiger partial charge in [0.05, 0.1) is 23.6 Å². The molecule has 0 aliphatic carbocycles. The Bertz CT molecular complexity index is 778. The van der Waals surface area contributed by atoms with Gasteiger partial charge in [-0.15, -0.1) is 0 Å². The maximum atomic E-state index is 13.4. The molecule has 6 heteroatoms. The second kappa shape index (κ2) is 6.50. The Labute approximate surface area is 135 Å². The van der Waals surface area contributed by atoms with Crippen molar-refractivity contribution in [3.63, 3.8) is 0 Å². The second-order valence-electron chi connectivity index (χ2n) is 5.80. The van der Waals surface area contributed by atoms with E-state index in [2.05, 4.69) is 40.7 Å². The molecule has 3 aromatic rings. The molecule has 0 unspecified atom stereocenters. The number of hydrogen-bond acceptors (Lipinski definition) is 3. The van der Waals surface area contributed by atoms with Crippen LogP contribution in [0.1, 0.15) is 32.6 Å². The molecule has 0 fully saturated rings. The summed E-state index contributed by atoms with van der Waals surface area (Å²) in [5.74, 6) is 0.672. The summed E-state index contributed by atoms with van der Waals surface area (Å²) in [5, 5.41) is 7.78. The fraction of sp³-hybridized carbons (Fsp3) is 0.412. The van der Waals surface area contributed by atoms with Crippen LogP contribution in [0.25, 0.3) is 11.0 Å². The fourth-order valence-electron chi connectivity index (χ4n) is 2.81. The van der Waals surface area contributed by atoms with Crippen molar-refractivity contribution in [1.82, 2.24) is 24.6 Å².